The van der Waals surface area contributed by atoms with Crippen LogP contribution in [-0.2, 0) is 6.54 Å². The van der Waals surface area contributed by atoms with Crippen molar-refractivity contribution in [2.75, 3.05) is 45.2 Å². The summed E-state index contributed by atoms with van der Waals surface area (Å²) in [5.74, 6) is 0.853. The standard InChI is InChI=1S/C17H29N5O2/c1-21(2)16-10-14(6-7-18-16)11-19-17(24)20-12-15(23)13-22-8-4-3-5-9-22/h6-7,10,15,23H,3-5,8-9,11-13H2,1-2H3,(H2,19,20,24)/t15-/m1/s1. The molecule has 0 aromatic carbocycles. The third-order valence-corrected chi connectivity index (χ3v) is 4.14. The molecule has 1 fully saturated rings. The lowest BCUT2D eigenvalue weighted by Gasteiger charge is -2.28. The van der Waals surface area contributed by atoms with Gasteiger partial charge in [-0.1, -0.05) is 6.42 Å². The number of β-amino-alcohol motifs (C(OH)–C–C–N with tert-alkyl or cyclic N) is 1. The smallest absolute Gasteiger partial charge is 0.315 e. The van der Waals surface area contributed by atoms with Crippen LogP contribution >= 0.6 is 0 Å². The monoisotopic (exact) mass is 335 g/mol. The Hall–Kier alpha value is -1.86. The Morgan fingerprint density at radius 2 is 2.08 bits per heavy atom. The molecule has 2 heterocycles. The molecular formula is C17H29N5O2. The molecule has 0 unspecified atom stereocenters. The number of nitrogens with zero attached hydrogens (tertiary/aromatic N) is 3. The summed E-state index contributed by atoms with van der Waals surface area (Å²) >= 11 is 0. The van der Waals surface area contributed by atoms with E-state index in [-0.39, 0.29) is 12.6 Å². The average molecular weight is 335 g/mol. The number of nitrogens with one attached hydrogen (secondary N) is 2. The van der Waals surface area contributed by atoms with E-state index < -0.39 is 6.10 Å². The number of carbonyl (C=O) groups excluding carboxylic acids is 1. The summed E-state index contributed by atoms with van der Waals surface area (Å²) in [7, 11) is 3.85. The molecule has 7 heteroatoms. The molecule has 134 valence electrons. The first kappa shape index (κ1) is 18.5. The second-order valence-corrected chi connectivity index (χ2v) is 6.50. The SMILES string of the molecule is CN(C)c1cc(CNC(=O)NC[C@@H](O)CN2CCCCC2)ccn1. The predicted octanol–water partition coefficient (Wildman–Crippen LogP) is 0.794. The fourth-order valence-corrected chi connectivity index (χ4v) is 2.78. The lowest BCUT2D eigenvalue weighted by molar-refractivity contribution is 0.101. The first-order valence-corrected chi connectivity index (χ1v) is 8.59. The van der Waals surface area contributed by atoms with E-state index in [9.17, 15) is 9.90 Å². The number of hydrogen-bond donors (Lipinski definition) is 3. The van der Waals surface area contributed by atoms with Crippen molar-refractivity contribution in [2.45, 2.75) is 31.9 Å². The van der Waals surface area contributed by atoms with E-state index in [0.717, 1.165) is 24.5 Å². The van der Waals surface area contributed by atoms with Gasteiger partial charge >= 0.3 is 6.03 Å². The van der Waals surface area contributed by atoms with E-state index in [0.29, 0.717) is 13.1 Å². The van der Waals surface area contributed by atoms with Crippen molar-refractivity contribution in [3.63, 3.8) is 0 Å². The van der Waals surface area contributed by atoms with Gasteiger partial charge in [-0.05, 0) is 43.6 Å². The Bertz CT molecular complexity index is 517. The Morgan fingerprint density at radius 1 is 1.33 bits per heavy atom. The molecule has 0 bridgehead atoms. The average Bonchev–Trinajstić information content (AvgIpc) is 2.59. The molecule has 2 amide bonds. The summed E-state index contributed by atoms with van der Waals surface area (Å²) in [6.07, 6.45) is 4.86. The minimum Gasteiger partial charge on any atom is -0.390 e. The van der Waals surface area contributed by atoms with Gasteiger partial charge in [-0.2, -0.15) is 0 Å². The van der Waals surface area contributed by atoms with E-state index in [1.54, 1.807) is 6.20 Å². The number of aliphatic hydroxyl groups is 1. The number of piperidine rings is 1. The molecule has 1 aromatic rings. The molecular weight excluding hydrogens is 306 g/mol. The molecule has 24 heavy (non-hydrogen) atoms. The fourth-order valence-electron chi connectivity index (χ4n) is 2.78. The van der Waals surface area contributed by atoms with Gasteiger partial charge in [0.15, 0.2) is 0 Å². The zero-order chi connectivity index (χ0) is 17.4. The fraction of sp³-hybridized carbons (Fsp3) is 0.647. The van der Waals surface area contributed by atoms with Crippen LogP contribution in [0.1, 0.15) is 24.8 Å². The van der Waals surface area contributed by atoms with Crippen molar-refractivity contribution in [2.24, 2.45) is 0 Å². The normalized spacial score (nSPS) is 16.5. The Kier molecular flexibility index (Phi) is 7.27. The maximum atomic E-state index is 11.9. The number of aliphatic hydroxyl groups excluding tert-OH is 1. The molecule has 1 atom stereocenters. The summed E-state index contributed by atoms with van der Waals surface area (Å²) < 4.78 is 0. The van der Waals surface area contributed by atoms with Crippen LogP contribution in [-0.4, -0.2) is 67.4 Å². The molecule has 0 spiro atoms. The van der Waals surface area contributed by atoms with Crippen LogP contribution < -0.4 is 15.5 Å². The minimum atomic E-state index is -0.532. The number of carbonyl (C=O) groups is 1. The number of anilines is 1. The molecule has 2 rings (SSSR count). The lowest BCUT2D eigenvalue weighted by Crippen LogP contribution is -2.44. The van der Waals surface area contributed by atoms with E-state index >= 15 is 0 Å². The van der Waals surface area contributed by atoms with Gasteiger partial charge in [0.1, 0.15) is 5.82 Å². The van der Waals surface area contributed by atoms with Gasteiger partial charge in [0.25, 0.3) is 0 Å². The number of amides is 2. The zero-order valence-corrected chi connectivity index (χ0v) is 14.7. The number of likely N-dealkylation sites (tertiary alicyclic amines) is 1. The van der Waals surface area contributed by atoms with Gasteiger partial charge in [-0.25, -0.2) is 9.78 Å². The largest absolute Gasteiger partial charge is 0.390 e. The van der Waals surface area contributed by atoms with Crippen molar-refractivity contribution >= 4 is 11.8 Å². The topological polar surface area (TPSA) is 80.7 Å². The molecule has 0 aliphatic carbocycles. The van der Waals surface area contributed by atoms with Crippen LogP contribution in [0.2, 0.25) is 0 Å². The predicted molar refractivity (Wildman–Crippen MR) is 95.1 cm³/mol. The molecule has 1 saturated heterocycles. The second kappa shape index (κ2) is 9.44. The summed E-state index contributed by atoms with van der Waals surface area (Å²) in [5.41, 5.74) is 0.984. The van der Waals surface area contributed by atoms with E-state index in [1.165, 1.54) is 19.3 Å². The van der Waals surface area contributed by atoms with Gasteiger partial charge in [-0.15, -0.1) is 0 Å². The van der Waals surface area contributed by atoms with Crippen molar-refractivity contribution in [1.82, 2.24) is 20.5 Å². The van der Waals surface area contributed by atoms with Gasteiger partial charge in [0.2, 0.25) is 0 Å². The van der Waals surface area contributed by atoms with Gasteiger partial charge in [-0.3, -0.25) is 0 Å². The maximum Gasteiger partial charge on any atom is 0.315 e. The first-order chi connectivity index (χ1) is 11.5. The third-order valence-electron chi connectivity index (χ3n) is 4.14. The molecule has 7 nitrogen and oxygen atoms in total. The van der Waals surface area contributed by atoms with Crippen LogP contribution in [0, 0.1) is 0 Å². The van der Waals surface area contributed by atoms with Crippen LogP contribution in [0.15, 0.2) is 18.3 Å². The second-order valence-electron chi connectivity index (χ2n) is 6.50. The highest BCUT2D eigenvalue weighted by molar-refractivity contribution is 5.73. The van der Waals surface area contributed by atoms with Gasteiger partial charge in [0, 0.05) is 39.9 Å². The molecule has 1 aliphatic heterocycles. The van der Waals surface area contributed by atoms with Gasteiger partial charge < -0.3 is 25.5 Å². The van der Waals surface area contributed by atoms with Crippen molar-refractivity contribution in [1.29, 1.82) is 0 Å². The zero-order valence-electron chi connectivity index (χ0n) is 14.7. The highest BCUT2D eigenvalue weighted by Gasteiger charge is 2.15. The molecule has 1 aliphatic rings. The van der Waals surface area contributed by atoms with E-state index in [1.807, 2.05) is 31.1 Å². The quantitative estimate of drug-likeness (QED) is 0.687. The van der Waals surface area contributed by atoms with Crippen molar-refractivity contribution in [3.8, 4) is 0 Å². The molecule has 1 aromatic heterocycles. The summed E-state index contributed by atoms with van der Waals surface area (Å²) in [5, 5.41) is 15.6. The highest BCUT2D eigenvalue weighted by atomic mass is 16.3. The molecule has 0 radical (unpaired) electrons. The Balaban J connectivity index is 1.66. The minimum absolute atomic E-state index is 0.266. The molecule has 3 N–H and O–H groups in total. The Morgan fingerprint density at radius 3 is 2.79 bits per heavy atom. The van der Waals surface area contributed by atoms with Crippen LogP contribution in [0.25, 0.3) is 0 Å². The van der Waals surface area contributed by atoms with E-state index in [4.69, 9.17) is 0 Å². The third kappa shape index (κ3) is 6.33. The van der Waals surface area contributed by atoms with Crippen LogP contribution in [0.3, 0.4) is 0 Å². The van der Waals surface area contributed by atoms with Crippen LogP contribution in [0.4, 0.5) is 10.6 Å². The number of urea groups is 1. The molecule has 0 saturated carbocycles. The summed E-state index contributed by atoms with van der Waals surface area (Å²) in [4.78, 5) is 20.3. The van der Waals surface area contributed by atoms with Gasteiger partial charge in [0.05, 0.1) is 6.10 Å². The van der Waals surface area contributed by atoms with Crippen LogP contribution in [0.5, 0.6) is 0 Å². The van der Waals surface area contributed by atoms with Crippen molar-refractivity contribution in [3.05, 3.63) is 23.9 Å². The highest BCUT2D eigenvalue weighted by Crippen LogP contribution is 2.09. The number of aromatic nitrogens is 1. The number of hydrogen-bond acceptors (Lipinski definition) is 5. The Labute approximate surface area is 144 Å². The summed E-state index contributed by atoms with van der Waals surface area (Å²) in [6.45, 7) is 3.40. The van der Waals surface area contributed by atoms with Crippen molar-refractivity contribution < 1.29 is 9.90 Å². The lowest BCUT2D eigenvalue weighted by atomic mass is 10.1. The maximum absolute atomic E-state index is 11.9. The van der Waals surface area contributed by atoms with E-state index in [2.05, 4.69) is 20.5 Å². The first-order valence-electron chi connectivity index (χ1n) is 8.59. The number of rotatable bonds is 7. The summed E-state index contributed by atoms with van der Waals surface area (Å²) in [6, 6.07) is 3.54. The number of pyridine rings is 1.